The van der Waals surface area contributed by atoms with Crippen molar-refractivity contribution in [2.24, 2.45) is 17.8 Å². The van der Waals surface area contributed by atoms with E-state index in [0.717, 1.165) is 66.4 Å². The van der Waals surface area contributed by atoms with Gasteiger partial charge < -0.3 is 20.1 Å². The van der Waals surface area contributed by atoms with Crippen LogP contribution in [-0.4, -0.2) is 37.8 Å². The number of hydrogen-bond acceptors (Lipinski definition) is 5. The molecule has 1 aliphatic heterocycles. The van der Waals surface area contributed by atoms with Crippen molar-refractivity contribution in [3.8, 4) is 11.5 Å². The number of phenols is 1. The second-order valence-electron chi connectivity index (χ2n) is 13.5. The highest BCUT2D eigenvalue weighted by Crippen LogP contribution is 2.44. The van der Waals surface area contributed by atoms with E-state index in [1.165, 1.54) is 75.4 Å². The Kier molecular flexibility index (Phi) is 17.1. The van der Waals surface area contributed by atoms with Crippen LogP contribution in [0.4, 0.5) is 0 Å². The molecule has 0 fully saturated rings. The summed E-state index contributed by atoms with van der Waals surface area (Å²) < 4.78 is 6.60. The molecule has 0 amide bonds. The van der Waals surface area contributed by atoms with Gasteiger partial charge in [-0.25, -0.2) is 4.79 Å². The van der Waals surface area contributed by atoms with E-state index < -0.39 is 11.9 Å². The molecule has 0 radical (unpaired) electrons. The predicted octanol–water partition coefficient (Wildman–Crippen LogP) is 9.71. The van der Waals surface area contributed by atoms with Gasteiger partial charge >= 0.3 is 5.97 Å². The Balaban J connectivity index is 0.000000615. The summed E-state index contributed by atoms with van der Waals surface area (Å²) in [4.78, 5) is 22.8. The molecule has 1 aromatic carbocycles. The molecule has 3 N–H and O–H groups in total. The minimum atomic E-state index is -0.942. The zero-order valence-electron chi connectivity index (χ0n) is 28.8. The molecule has 2 unspecified atom stereocenters. The maximum atomic E-state index is 10.4. The Bertz CT molecular complexity index is 1160. The lowest BCUT2D eigenvalue weighted by Crippen LogP contribution is -2.37. The van der Waals surface area contributed by atoms with Crippen LogP contribution < -0.4 is 4.74 Å². The van der Waals surface area contributed by atoms with E-state index in [4.69, 9.17) is 19.7 Å². The lowest BCUT2D eigenvalue weighted by atomic mass is 9.84. The molecule has 2 heterocycles. The number of carboxylic acid groups (broad SMARTS) is 2. The summed E-state index contributed by atoms with van der Waals surface area (Å²) in [6.45, 7) is 19.0. The van der Waals surface area contributed by atoms with Gasteiger partial charge in [-0.15, -0.1) is 0 Å². The van der Waals surface area contributed by atoms with E-state index in [1.54, 1.807) is 6.07 Å². The Morgan fingerprint density at radius 3 is 1.93 bits per heavy atom. The number of aliphatic carboxylic acids is 1. The topological polar surface area (TPSA) is 117 Å². The van der Waals surface area contributed by atoms with Crippen molar-refractivity contribution in [2.75, 3.05) is 0 Å². The molecule has 0 saturated heterocycles. The quantitative estimate of drug-likeness (QED) is 0.206. The molecule has 0 aliphatic carbocycles. The molecule has 7 nitrogen and oxygen atoms in total. The number of aromatic nitrogens is 1. The lowest BCUT2D eigenvalue weighted by Gasteiger charge is -2.38. The Morgan fingerprint density at radius 2 is 1.45 bits per heavy atom. The van der Waals surface area contributed by atoms with Gasteiger partial charge in [0.2, 0.25) is 0 Å². The highest BCUT2D eigenvalue weighted by Gasteiger charge is 2.34. The normalized spacial score (nSPS) is 16.8. The molecule has 44 heavy (non-hydrogen) atoms. The standard InChI is InChI=1S/C29H50O2.C6H5NO2.C2H4O2/c1-20(2)12-9-13-21(3)14-10-15-22(4)16-11-18-29(8)19-17-26-25(7)27(30)23(5)24(6)28(26)31-29;8-6(9)5-2-1-3-7-4-5;1-2(3)4/h20-22,30H,9-19H2,1-8H3;1-4H,(H,8,9);1H3,(H,3,4)/t21?,22?,29-;;/m1../s1. The van der Waals surface area contributed by atoms with Crippen molar-refractivity contribution in [1.82, 2.24) is 4.98 Å². The highest BCUT2D eigenvalue weighted by molar-refractivity contribution is 5.86. The van der Waals surface area contributed by atoms with Crippen LogP contribution in [0.2, 0.25) is 0 Å². The molecule has 3 rings (SSSR count). The molecule has 248 valence electrons. The Labute approximate surface area is 266 Å². The lowest BCUT2D eigenvalue weighted by molar-refractivity contribution is -0.134. The first-order valence-corrected chi connectivity index (χ1v) is 16.4. The first-order valence-electron chi connectivity index (χ1n) is 16.4. The van der Waals surface area contributed by atoms with Crippen molar-refractivity contribution in [3.05, 3.63) is 52.3 Å². The number of phenolic OH excluding ortho intramolecular Hbond substituents is 1. The van der Waals surface area contributed by atoms with E-state index in [9.17, 15) is 9.90 Å². The maximum Gasteiger partial charge on any atom is 0.337 e. The van der Waals surface area contributed by atoms with Crippen LogP contribution in [0.25, 0.3) is 0 Å². The summed E-state index contributed by atoms with van der Waals surface area (Å²) in [6, 6.07) is 3.08. The third-order valence-corrected chi connectivity index (χ3v) is 8.78. The summed E-state index contributed by atoms with van der Waals surface area (Å²) in [6.07, 6.45) is 16.9. The number of aromatic hydroxyl groups is 1. The van der Waals surface area contributed by atoms with E-state index in [0.29, 0.717) is 5.75 Å². The minimum absolute atomic E-state index is 0.0712. The third kappa shape index (κ3) is 14.1. The van der Waals surface area contributed by atoms with Gasteiger partial charge in [0.05, 0.1) is 5.56 Å². The Morgan fingerprint density at radius 1 is 0.909 bits per heavy atom. The van der Waals surface area contributed by atoms with Gasteiger partial charge in [-0.1, -0.05) is 72.6 Å². The summed E-state index contributed by atoms with van der Waals surface area (Å²) in [5.74, 6) is 2.26. The number of hydrogen-bond donors (Lipinski definition) is 3. The molecule has 3 atom stereocenters. The summed E-state index contributed by atoms with van der Waals surface area (Å²) in [7, 11) is 0. The molecule has 7 heteroatoms. The average Bonchev–Trinajstić information content (AvgIpc) is 2.95. The number of rotatable bonds is 13. The second kappa shape index (κ2) is 19.3. The zero-order valence-corrected chi connectivity index (χ0v) is 28.8. The number of benzene rings is 1. The Hall–Kier alpha value is -3.09. The number of nitrogens with zero attached hydrogens (tertiary/aromatic N) is 1. The molecule has 0 spiro atoms. The fourth-order valence-corrected chi connectivity index (χ4v) is 5.76. The van der Waals surface area contributed by atoms with E-state index in [1.807, 2.05) is 13.8 Å². The number of carbonyl (C=O) groups is 2. The zero-order chi connectivity index (χ0) is 33.4. The smallest absolute Gasteiger partial charge is 0.337 e. The molecule has 2 aromatic rings. The van der Waals surface area contributed by atoms with Crippen LogP contribution in [0.1, 0.15) is 138 Å². The van der Waals surface area contributed by atoms with Crippen LogP contribution in [-0.2, 0) is 11.2 Å². The van der Waals surface area contributed by atoms with Gasteiger partial charge in [-0.2, -0.15) is 0 Å². The van der Waals surface area contributed by atoms with Gasteiger partial charge in [0.1, 0.15) is 17.1 Å². The largest absolute Gasteiger partial charge is 0.507 e. The summed E-state index contributed by atoms with van der Waals surface area (Å²) in [5.41, 5.74) is 4.45. The molecule has 1 aromatic heterocycles. The molecule has 1 aliphatic rings. The van der Waals surface area contributed by atoms with Gasteiger partial charge in [-0.05, 0) is 100.0 Å². The average molecular weight is 614 g/mol. The number of pyridine rings is 1. The highest BCUT2D eigenvalue weighted by atomic mass is 16.5. The number of fused-ring (bicyclic) bond motifs is 1. The van der Waals surface area contributed by atoms with Crippen LogP contribution in [0.5, 0.6) is 11.5 Å². The monoisotopic (exact) mass is 613 g/mol. The molecular weight excluding hydrogens is 554 g/mol. The summed E-state index contributed by atoms with van der Waals surface area (Å²) in [5, 5.41) is 26.2. The molecule has 0 bridgehead atoms. The van der Waals surface area contributed by atoms with Crippen LogP contribution in [0.3, 0.4) is 0 Å². The predicted molar refractivity (Wildman–Crippen MR) is 179 cm³/mol. The number of ether oxygens (including phenoxy) is 1. The van der Waals surface area contributed by atoms with Gasteiger partial charge in [0.15, 0.2) is 0 Å². The van der Waals surface area contributed by atoms with Gasteiger partial charge in [0.25, 0.3) is 5.97 Å². The van der Waals surface area contributed by atoms with E-state index >= 15 is 0 Å². The van der Waals surface area contributed by atoms with Crippen LogP contribution in [0.15, 0.2) is 24.5 Å². The van der Waals surface area contributed by atoms with Crippen LogP contribution in [0, 0.1) is 38.5 Å². The fraction of sp³-hybridized carbons (Fsp3) is 0.649. The van der Waals surface area contributed by atoms with E-state index in [2.05, 4.69) is 46.5 Å². The van der Waals surface area contributed by atoms with Crippen LogP contribution >= 0.6 is 0 Å². The maximum absolute atomic E-state index is 10.4. The van der Waals surface area contributed by atoms with Gasteiger partial charge in [-0.3, -0.25) is 9.78 Å². The van der Waals surface area contributed by atoms with Crippen molar-refractivity contribution in [2.45, 2.75) is 139 Å². The number of carboxylic acids is 2. The van der Waals surface area contributed by atoms with E-state index in [-0.39, 0.29) is 11.2 Å². The molecular formula is C37H59NO6. The van der Waals surface area contributed by atoms with Gasteiger partial charge in [0, 0.05) is 24.9 Å². The van der Waals surface area contributed by atoms with Crippen molar-refractivity contribution < 1.29 is 29.6 Å². The van der Waals surface area contributed by atoms with Crippen molar-refractivity contribution >= 4 is 11.9 Å². The minimum Gasteiger partial charge on any atom is -0.507 e. The first kappa shape index (κ1) is 38.9. The fourth-order valence-electron chi connectivity index (χ4n) is 5.76. The SMILES string of the molecule is CC(=O)O.Cc1c(C)c2c(c(C)c1O)CC[C@@](C)(CCCC(C)CCCC(C)CCCC(C)C)O2.O=C(O)c1cccnc1. The third-order valence-electron chi connectivity index (χ3n) is 8.78. The van der Waals surface area contributed by atoms with Crippen molar-refractivity contribution in [1.29, 1.82) is 0 Å². The first-order chi connectivity index (χ1) is 20.6. The summed E-state index contributed by atoms with van der Waals surface area (Å²) >= 11 is 0. The van der Waals surface area contributed by atoms with Crippen molar-refractivity contribution in [3.63, 3.8) is 0 Å². The molecule has 0 saturated carbocycles. The number of aromatic carboxylic acids is 1. The second-order valence-corrected chi connectivity index (χ2v) is 13.5.